The van der Waals surface area contributed by atoms with Crippen molar-refractivity contribution in [3.63, 3.8) is 0 Å². The lowest BCUT2D eigenvalue weighted by molar-refractivity contribution is -0.141. The minimum absolute atomic E-state index is 0.154. The van der Waals surface area contributed by atoms with Crippen molar-refractivity contribution in [2.45, 2.75) is 65.1 Å². The predicted molar refractivity (Wildman–Crippen MR) is 126 cm³/mol. The number of nitrogens with zero attached hydrogens (tertiary/aromatic N) is 6. The molecule has 0 bridgehead atoms. The monoisotopic (exact) mass is 490 g/mol. The van der Waals surface area contributed by atoms with Crippen LogP contribution in [0.25, 0.3) is 0 Å². The third-order valence-corrected chi connectivity index (χ3v) is 6.08. The van der Waals surface area contributed by atoms with Gasteiger partial charge in [-0.25, -0.2) is 9.97 Å². The minimum Gasteiger partial charge on any atom is -0.372 e. The lowest BCUT2D eigenvalue weighted by Gasteiger charge is -2.37. The first-order valence-electron chi connectivity index (χ1n) is 11.3. The number of hydrogen-bond donors (Lipinski definition) is 3. The molecule has 3 aromatic rings. The van der Waals surface area contributed by atoms with Crippen LogP contribution in [0.4, 0.5) is 30.6 Å². The predicted octanol–water partition coefficient (Wildman–Crippen LogP) is 3.75. The van der Waals surface area contributed by atoms with Gasteiger partial charge in [-0.05, 0) is 31.4 Å². The Bertz CT molecular complexity index is 1210. The van der Waals surface area contributed by atoms with Gasteiger partial charge >= 0.3 is 6.18 Å². The van der Waals surface area contributed by atoms with Crippen LogP contribution in [0.5, 0.6) is 0 Å². The zero-order valence-corrected chi connectivity index (χ0v) is 20.2. The number of aryl methyl sites for hydroxylation is 1. The third kappa shape index (κ3) is 5.16. The van der Waals surface area contributed by atoms with Crippen LogP contribution in [-0.4, -0.2) is 49.2 Å². The summed E-state index contributed by atoms with van der Waals surface area (Å²) in [5, 5.41) is 20.8. The molecule has 12 heteroatoms. The van der Waals surface area contributed by atoms with E-state index in [1.54, 1.807) is 10.9 Å². The van der Waals surface area contributed by atoms with Crippen molar-refractivity contribution < 1.29 is 18.3 Å². The van der Waals surface area contributed by atoms with Crippen molar-refractivity contribution in [3.8, 4) is 0 Å². The van der Waals surface area contributed by atoms with Gasteiger partial charge in [0, 0.05) is 31.0 Å². The van der Waals surface area contributed by atoms with Crippen LogP contribution in [0, 0.1) is 6.92 Å². The highest BCUT2D eigenvalue weighted by Crippen LogP contribution is 2.33. The van der Waals surface area contributed by atoms with Crippen molar-refractivity contribution in [2.75, 3.05) is 22.6 Å². The number of aliphatic hydroxyl groups is 1. The van der Waals surface area contributed by atoms with Gasteiger partial charge in [-0.3, -0.25) is 4.68 Å². The van der Waals surface area contributed by atoms with E-state index < -0.39 is 18.1 Å². The molecular formula is C23H29F3N8O. The summed E-state index contributed by atoms with van der Waals surface area (Å²) in [7, 11) is 1.87. The quantitative estimate of drug-likeness (QED) is 0.480. The maximum Gasteiger partial charge on any atom is 0.433 e. The maximum atomic E-state index is 13.1. The summed E-state index contributed by atoms with van der Waals surface area (Å²) < 4.78 is 40.9. The van der Waals surface area contributed by atoms with Gasteiger partial charge in [-0.15, -0.1) is 0 Å². The van der Waals surface area contributed by atoms with E-state index in [1.807, 2.05) is 45.8 Å². The van der Waals surface area contributed by atoms with E-state index in [1.165, 1.54) is 6.07 Å². The number of nitrogens with one attached hydrogen (secondary N) is 2. The molecule has 0 radical (unpaired) electrons. The van der Waals surface area contributed by atoms with Gasteiger partial charge in [-0.1, -0.05) is 19.9 Å². The molecule has 0 aliphatic carbocycles. The molecule has 1 unspecified atom stereocenters. The lowest BCUT2D eigenvalue weighted by Crippen LogP contribution is -2.48. The first-order chi connectivity index (χ1) is 16.4. The van der Waals surface area contributed by atoms with Crippen LogP contribution in [0.2, 0.25) is 0 Å². The van der Waals surface area contributed by atoms with Crippen molar-refractivity contribution in [1.82, 2.24) is 24.7 Å². The van der Waals surface area contributed by atoms with E-state index in [-0.39, 0.29) is 12.0 Å². The van der Waals surface area contributed by atoms with Gasteiger partial charge in [0.25, 0.3) is 0 Å². The summed E-state index contributed by atoms with van der Waals surface area (Å²) in [5.74, 6) is 0.981. The SMILES string of the molecule is Cc1nc(NCc2cnn(Cc3ccc(C(F)(F)F)nc3C(C)C)c2)nc2c1NC(O)[C@H](C)N2C. The molecule has 1 aliphatic rings. The molecule has 0 saturated heterocycles. The molecule has 0 spiro atoms. The first kappa shape index (κ1) is 24.7. The summed E-state index contributed by atoms with van der Waals surface area (Å²) in [5.41, 5.74) is 2.48. The molecule has 188 valence electrons. The summed E-state index contributed by atoms with van der Waals surface area (Å²) in [6, 6.07) is 2.32. The topological polar surface area (TPSA) is 104 Å². The molecule has 3 N–H and O–H groups in total. The summed E-state index contributed by atoms with van der Waals surface area (Å²) in [6.45, 7) is 8.10. The van der Waals surface area contributed by atoms with E-state index in [4.69, 9.17) is 0 Å². The van der Waals surface area contributed by atoms with Crippen molar-refractivity contribution in [1.29, 1.82) is 0 Å². The number of hydrogen-bond acceptors (Lipinski definition) is 8. The fourth-order valence-corrected chi connectivity index (χ4v) is 3.97. The van der Waals surface area contributed by atoms with E-state index in [2.05, 4.69) is 30.7 Å². The molecule has 0 saturated carbocycles. The van der Waals surface area contributed by atoms with Gasteiger partial charge < -0.3 is 20.6 Å². The minimum atomic E-state index is -4.48. The second kappa shape index (κ2) is 9.33. The Morgan fingerprint density at radius 3 is 2.63 bits per heavy atom. The largest absolute Gasteiger partial charge is 0.433 e. The highest BCUT2D eigenvalue weighted by atomic mass is 19.4. The van der Waals surface area contributed by atoms with Crippen molar-refractivity contribution in [3.05, 3.63) is 52.7 Å². The summed E-state index contributed by atoms with van der Waals surface area (Å²) in [6.07, 6.45) is -1.68. The summed E-state index contributed by atoms with van der Waals surface area (Å²) >= 11 is 0. The highest BCUT2D eigenvalue weighted by molar-refractivity contribution is 5.72. The molecule has 0 aromatic carbocycles. The number of likely N-dealkylation sites (N-methyl/N-ethyl adjacent to an activating group) is 1. The van der Waals surface area contributed by atoms with Crippen LogP contribution in [0.15, 0.2) is 24.5 Å². The van der Waals surface area contributed by atoms with Crippen LogP contribution < -0.4 is 15.5 Å². The molecular weight excluding hydrogens is 461 g/mol. The standard InChI is InChI=1S/C23H29F3N8O/c1-12(2)18-16(6-7-17(30-18)23(24,25)26)11-34-10-15(9-28-34)8-27-22-29-13(3)19-20(32-22)33(5)14(4)21(35)31-19/h6-7,9-10,12,14,21,31,35H,8,11H2,1-5H3,(H,27,29,32)/t14-,21?/m0/s1. The number of alkyl halides is 3. The Morgan fingerprint density at radius 1 is 1.20 bits per heavy atom. The number of anilines is 3. The average Bonchev–Trinajstić information content (AvgIpc) is 3.23. The number of aromatic nitrogens is 5. The molecule has 2 atom stereocenters. The zero-order valence-electron chi connectivity index (χ0n) is 20.2. The maximum absolute atomic E-state index is 13.1. The molecule has 0 amide bonds. The van der Waals surface area contributed by atoms with Crippen molar-refractivity contribution in [2.24, 2.45) is 0 Å². The van der Waals surface area contributed by atoms with Gasteiger partial charge in [0.05, 0.1) is 24.5 Å². The number of aliphatic hydroxyl groups excluding tert-OH is 1. The van der Waals surface area contributed by atoms with E-state index in [0.717, 1.165) is 11.6 Å². The number of pyridine rings is 1. The molecule has 4 rings (SSSR count). The zero-order chi connectivity index (χ0) is 25.5. The van der Waals surface area contributed by atoms with Gasteiger partial charge in [0.1, 0.15) is 17.6 Å². The smallest absolute Gasteiger partial charge is 0.372 e. The Morgan fingerprint density at radius 2 is 1.94 bits per heavy atom. The Balaban J connectivity index is 1.47. The number of halogens is 3. The van der Waals surface area contributed by atoms with Crippen molar-refractivity contribution >= 4 is 17.5 Å². The third-order valence-electron chi connectivity index (χ3n) is 6.08. The second-order valence-corrected chi connectivity index (χ2v) is 9.06. The molecule has 9 nitrogen and oxygen atoms in total. The highest BCUT2D eigenvalue weighted by Gasteiger charge is 2.33. The van der Waals surface area contributed by atoms with Gasteiger partial charge in [0.2, 0.25) is 5.95 Å². The van der Waals surface area contributed by atoms with Crippen LogP contribution in [-0.2, 0) is 19.3 Å². The lowest BCUT2D eigenvalue weighted by atomic mass is 10.0. The molecule has 1 aliphatic heterocycles. The number of fused-ring (bicyclic) bond motifs is 1. The van der Waals surface area contributed by atoms with E-state index in [9.17, 15) is 18.3 Å². The van der Waals surface area contributed by atoms with E-state index in [0.29, 0.717) is 47.5 Å². The Kier molecular flexibility index (Phi) is 6.58. The molecule has 35 heavy (non-hydrogen) atoms. The summed E-state index contributed by atoms with van der Waals surface area (Å²) in [4.78, 5) is 14.8. The van der Waals surface area contributed by atoms with Crippen LogP contribution in [0.3, 0.4) is 0 Å². The van der Waals surface area contributed by atoms with Crippen LogP contribution >= 0.6 is 0 Å². The molecule has 4 heterocycles. The average molecular weight is 491 g/mol. The van der Waals surface area contributed by atoms with Gasteiger partial charge in [0.15, 0.2) is 5.82 Å². The second-order valence-electron chi connectivity index (χ2n) is 9.06. The molecule has 0 fully saturated rings. The fraction of sp³-hybridized carbons (Fsp3) is 0.478. The number of rotatable bonds is 6. The van der Waals surface area contributed by atoms with Crippen LogP contribution in [0.1, 0.15) is 54.9 Å². The van der Waals surface area contributed by atoms with E-state index >= 15 is 0 Å². The normalized spacial score (nSPS) is 17.9. The van der Waals surface area contributed by atoms with Gasteiger partial charge in [-0.2, -0.15) is 23.3 Å². The fourth-order valence-electron chi connectivity index (χ4n) is 3.97. The molecule has 3 aromatic heterocycles. The Labute approximate surface area is 201 Å². The first-order valence-corrected chi connectivity index (χ1v) is 11.3. The Hall–Kier alpha value is -3.41.